The van der Waals surface area contributed by atoms with Gasteiger partial charge in [-0.25, -0.2) is 9.78 Å². The molecule has 1 aromatic heterocycles. The Bertz CT molecular complexity index is 1220. The summed E-state index contributed by atoms with van der Waals surface area (Å²) >= 11 is 1.58. The predicted molar refractivity (Wildman–Crippen MR) is 122 cm³/mol. The number of para-hydroxylation sites is 3. The Kier molecular flexibility index (Phi) is 6.33. The molecular formula is C24H21N3O3S. The fraction of sp³-hybridized carbons (Fsp3) is 0.125. The van der Waals surface area contributed by atoms with Gasteiger partial charge in [0, 0.05) is 5.75 Å². The van der Waals surface area contributed by atoms with E-state index >= 15 is 0 Å². The van der Waals surface area contributed by atoms with Crippen molar-refractivity contribution in [2.75, 3.05) is 12.4 Å². The SMILES string of the molecule is COC(=O)c1ccccc1NC(=O)Cn1c(SCc2ccccc2)nc2ccccc21. The third-order valence-electron chi connectivity index (χ3n) is 4.74. The van der Waals surface area contributed by atoms with Gasteiger partial charge in [-0.2, -0.15) is 0 Å². The van der Waals surface area contributed by atoms with Crippen LogP contribution in [0.25, 0.3) is 11.0 Å². The van der Waals surface area contributed by atoms with Crippen molar-refractivity contribution in [1.82, 2.24) is 9.55 Å². The van der Waals surface area contributed by atoms with Crippen LogP contribution in [0.3, 0.4) is 0 Å². The summed E-state index contributed by atoms with van der Waals surface area (Å²) in [7, 11) is 1.31. The molecule has 0 saturated heterocycles. The molecule has 31 heavy (non-hydrogen) atoms. The molecule has 0 unspecified atom stereocenters. The van der Waals surface area contributed by atoms with Crippen LogP contribution in [0, 0.1) is 0 Å². The van der Waals surface area contributed by atoms with Gasteiger partial charge in [0.05, 0.1) is 29.4 Å². The largest absolute Gasteiger partial charge is 0.465 e. The molecular weight excluding hydrogens is 410 g/mol. The topological polar surface area (TPSA) is 73.2 Å². The fourth-order valence-electron chi connectivity index (χ4n) is 3.25. The number of amides is 1. The first-order valence-corrected chi connectivity index (χ1v) is 10.7. The van der Waals surface area contributed by atoms with Crippen LogP contribution in [0.2, 0.25) is 0 Å². The number of anilines is 1. The molecule has 0 bridgehead atoms. The Morgan fingerprint density at radius 1 is 0.968 bits per heavy atom. The minimum absolute atomic E-state index is 0.0765. The van der Waals surface area contributed by atoms with Gasteiger partial charge in [-0.05, 0) is 29.8 Å². The second-order valence-corrected chi connectivity index (χ2v) is 7.77. The number of benzene rings is 3. The van der Waals surface area contributed by atoms with Crippen molar-refractivity contribution in [3.63, 3.8) is 0 Å². The monoisotopic (exact) mass is 431 g/mol. The van der Waals surface area contributed by atoms with E-state index in [9.17, 15) is 9.59 Å². The molecule has 1 N–H and O–H groups in total. The van der Waals surface area contributed by atoms with Crippen LogP contribution in [0.5, 0.6) is 0 Å². The molecule has 0 aliphatic carbocycles. The van der Waals surface area contributed by atoms with E-state index in [1.54, 1.807) is 36.0 Å². The maximum Gasteiger partial charge on any atom is 0.339 e. The molecule has 0 aliphatic rings. The lowest BCUT2D eigenvalue weighted by Gasteiger charge is -2.12. The van der Waals surface area contributed by atoms with E-state index in [0.717, 1.165) is 21.9 Å². The lowest BCUT2D eigenvalue weighted by Crippen LogP contribution is -2.21. The van der Waals surface area contributed by atoms with E-state index < -0.39 is 5.97 Å². The lowest BCUT2D eigenvalue weighted by atomic mass is 10.2. The van der Waals surface area contributed by atoms with E-state index in [1.165, 1.54) is 12.7 Å². The molecule has 3 aromatic carbocycles. The smallest absolute Gasteiger partial charge is 0.339 e. The molecule has 0 spiro atoms. The van der Waals surface area contributed by atoms with Gasteiger partial charge in [-0.1, -0.05) is 66.4 Å². The number of nitrogens with one attached hydrogen (secondary N) is 1. The Labute approximate surface area is 184 Å². The zero-order valence-electron chi connectivity index (χ0n) is 16.9. The Morgan fingerprint density at radius 3 is 2.48 bits per heavy atom. The van der Waals surface area contributed by atoms with Crippen molar-refractivity contribution in [3.05, 3.63) is 90.0 Å². The summed E-state index contributed by atoms with van der Waals surface area (Å²) in [5.41, 5.74) is 3.63. The Balaban J connectivity index is 1.57. The Hall–Kier alpha value is -3.58. The van der Waals surface area contributed by atoms with Gasteiger partial charge in [0.25, 0.3) is 0 Å². The van der Waals surface area contributed by atoms with Gasteiger partial charge in [0.15, 0.2) is 5.16 Å². The van der Waals surface area contributed by atoms with Gasteiger partial charge >= 0.3 is 5.97 Å². The maximum absolute atomic E-state index is 12.9. The van der Waals surface area contributed by atoms with Crippen molar-refractivity contribution >= 4 is 40.4 Å². The summed E-state index contributed by atoms with van der Waals surface area (Å²) in [4.78, 5) is 29.6. The normalized spacial score (nSPS) is 10.7. The number of ether oxygens (including phenoxy) is 1. The number of nitrogens with zero attached hydrogens (tertiary/aromatic N) is 2. The molecule has 7 heteroatoms. The quantitative estimate of drug-likeness (QED) is 0.338. The number of carbonyl (C=O) groups is 2. The number of hydrogen-bond donors (Lipinski definition) is 1. The number of fused-ring (bicyclic) bond motifs is 1. The van der Waals surface area contributed by atoms with E-state index in [2.05, 4.69) is 17.4 Å². The van der Waals surface area contributed by atoms with E-state index in [0.29, 0.717) is 11.3 Å². The third kappa shape index (κ3) is 4.78. The van der Waals surface area contributed by atoms with Crippen molar-refractivity contribution < 1.29 is 14.3 Å². The fourth-order valence-corrected chi connectivity index (χ4v) is 4.22. The third-order valence-corrected chi connectivity index (χ3v) is 5.79. The molecule has 6 nitrogen and oxygen atoms in total. The number of methoxy groups -OCH3 is 1. The number of rotatable bonds is 7. The van der Waals surface area contributed by atoms with Crippen LogP contribution in [0.15, 0.2) is 84.0 Å². The molecule has 4 rings (SSSR count). The highest BCUT2D eigenvalue weighted by atomic mass is 32.2. The van der Waals surface area contributed by atoms with Gasteiger partial charge in [-0.3, -0.25) is 4.79 Å². The van der Waals surface area contributed by atoms with E-state index in [-0.39, 0.29) is 12.5 Å². The van der Waals surface area contributed by atoms with Crippen molar-refractivity contribution in [2.24, 2.45) is 0 Å². The van der Waals surface area contributed by atoms with Crippen LogP contribution < -0.4 is 5.32 Å². The number of carbonyl (C=O) groups excluding carboxylic acids is 2. The zero-order valence-corrected chi connectivity index (χ0v) is 17.8. The number of esters is 1. The van der Waals surface area contributed by atoms with Crippen LogP contribution in [-0.2, 0) is 21.8 Å². The molecule has 0 atom stereocenters. The predicted octanol–water partition coefficient (Wildman–Crippen LogP) is 4.75. The summed E-state index contributed by atoms with van der Waals surface area (Å²) in [6, 6.07) is 24.7. The van der Waals surface area contributed by atoms with Gasteiger partial charge in [0.2, 0.25) is 5.91 Å². The van der Waals surface area contributed by atoms with Gasteiger partial charge in [0.1, 0.15) is 6.54 Å². The molecule has 0 saturated carbocycles. The first kappa shape index (κ1) is 20.7. The molecule has 0 radical (unpaired) electrons. The summed E-state index contributed by atoms with van der Waals surface area (Å²) < 4.78 is 6.71. The summed E-state index contributed by atoms with van der Waals surface area (Å²) in [6.07, 6.45) is 0. The number of imidazole rings is 1. The first-order valence-electron chi connectivity index (χ1n) is 9.75. The molecule has 0 aliphatic heterocycles. The van der Waals surface area contributed by atoms with E-state index in [1.807, 2.05) is 47.0 Å². The number of aromatic nitrogens is 2. The summed E-state index contributed by atoms with van der Waals surface area (Å²) in [5, 5.41) is 3.60. The summed E-state index contributed by atoms with van der Waals surface area (Å²) in [6.45, 7) is 0.0765. The first-order chi connectivity index (χ1) is 15.2. The molecule has 0 fully saturated rings. The van der Waals surface area contributed by atoms with Crippen LogP contribution in [0.1, 0.15) is 15.9 Å². The molecule has 1 amide bonds. The number of hydrogen-bond acceptors (Lipinski definition) is 5. The van der Waals surface area contributed by atoms with E-state index in [4.69, 9.17) is 9.72 Å². The van der Waals surface area contributed by atoms with Crippen LogP contribution >= 0.6 is 11.8 Å². The summed E-state index contributed by atoms with van der Waals surface area (Å²) in [5.74, 6) is 0.000825. The zero-order chi connectivity index (χ0) is 21.6. The highest BCUT2D eigenvalue weighted by molar-refractivity contribution is 7.98. The second kappa shape index (κ2) is 9.49. The minimum atomic E-state index is -0.497. The second-order valence-electron chi connectivity index (χ2n) is 6.83. The van der Waals surface area contributed by atoms with Crippen LogP contribution in [-0.4, -0.2) is 28.5 Å². The molecule has 156 valence electrons. The minimum Gasteiger partial charge on any atom is -0.465 e. The van der Waals surface area contributed by atoms with Crippen molar-refractivity contribution in [2.45, 2.75) is 17.5 Å². The van der Waals surface area contributed by atoms with Gasteiger partial charge in [-0.15, -0.1) is 0 Å². The molecule has 1 heterocycles. The average Bonchev–Trinajstić information content (AvgIpc) is 3.15. The highest BCUT2D eigenvalue weighted by Gasteiger charge is 2.17. The van der Waals surface area contributed by atoms with Crippen molar-refractivity contribution in [3.8, 4) is 0 Å². The average molecular weight is 432 g/mol. The van der Waals surface area contributed by atoms with Crippen molar-refractivity contribution in [1.29, 1.82) is 0 Å². The van der Waals surface area contributed by atoms with Gasteiger partial charge < -0.3 is 14.6 Å². The number of thioether (sulfide) groups is 1. The molecule has 4 aromatic rings. The standard InChI is InChI=1S/C24H21N3O3S/c1-30-23(29)18-11-5-6-12-19(18)25-22(28)15-27-21-14-8-7-13-20(21)26-24(27)31-16-17-9-3-2-4-10-17/h2-14H,15-16H2,1H3,(H,25,28). The highest BCUT2D eigenvalue weighted by Crippen LogP contribution is 2.27. The lowest BCUT2D eigenvalue weighted by molar-refractivity contribution is -0.116. The Morgan fingerprint density at radius 2 is 1.68 bits per heavy atom. The maximum atomic E-state index is 12.9. The van der Waals surface area contributed by atoms with Crippen LogP contribution in [0.4, 0.5) is 5.69 Å².